The van der Waals surface area contributed by atoms with Crippen molar-refractivity contribution >= 4 is 6.34 Å². The van der Waals surface area contributed by atoms with Gasteiger partial charge in [-0.15, -0.1) is 12.3 Å². The molecule has 0 saturated carbocycles. The van der Waals surface area contributed by atoms with Crippen LogP contribution in [0.25, 0.3) is 0 Å². The fraction of sp³-hybridized carbons (Fsp3) is 0.474. The first kappa shape index (κ1) is 20.7. The fourth-order valence-electron chi connectivity index (χ4n) is 2.36. The summed E-state index contributed by atoms with van der Waals surface area (Å²) in [7, 11) is 3.76. The molecule has 0 aliphatic carbocycles. The second kappa shape index (κ2) is 12.3. The quantitative estimate of drug-likeness (QED) is 0.478. The lowest BCUT2D eigenvalue weighted by atomic mass is 9.97. The first-order chi connectivity index (χ1) is 11.1. The summed E-state index contributed by atoms with van der Waals surface area (Å²) in [4.78, 5) is 6.42. The topological polar surface area (TPSA) is 51.4 Å². The third-order valence-corrected chi connectivity index (χ3v) is 3.41. The summed E-state index contributed by atoms with van der Waals surface area (Å²) >= 11 is 0. The molecule has 4 heteroatoms. The zero-order chi connectivity index (χ0) is 17.7. The van der Waals surface area contributed by atoms with Crippen molar-refractivity contribution in [3.63, 3.8) is 0 Å². The number of hydrogen-bond acceptors (Lipinski definition) is 3. The van der Waals surface area contributed by atoms with E-state index in [1.165, 1.54) is 5.56 Å². The highest BCUT2D eigenvalue weighted by atomic mass is 15.2. The molecule has 1 rings (SSSR count). The zero-order valence-corrected chi connectivity index (χ0v) is 14.9. The minimum atomic E-state index is 0.205. The van der Waals surface area contributed by atoms with Crippen molar-refractivity contribution in [3.8, 4) is 18.4 Å². The van der Waals surface area contributed by atoms with E-state index in [0.29, 0.717) is 5.56 Å². The second-order valence-electron chi connectivity index (χ2n) is 5.16. The number of nitrogens with one attached hydrogen (secondary N) is 1. The maximum Gasteiger partial charge on any atom is 0.0991 e. The Morgan fingerprint density at radius 2 is 1.96 bits per heavy atom. The van der Waals surface area contributed by atoms with Gasteiger partial charge in [0.15, 0.2) is 0 Å². The van der Waals surface area contributed by atoms with Gasteiger partial charge in [-0.25, -0.2) is 0 Å². The predicted molar refractivity (Wildman–Crippen MR) is 98.3 cm³/mol. The molecule has 0 amide bonds. The summed E-state index contributed by atoms with van der Waals surface area (Å²) in [5.41, 5.74) is 1.88. The van der Waals surface area contributed by atoms with Gasteiger partial charge in [0.2, 0.25) is 0 Å². The number of terminal acetylenes is 1. The second-order valence-corrected chi connectivity index (χ2v) is 5.16. The maximum atomic E-state index is 8.91. The molecule has 0 aliphatic rings. The van der Waals surface area contributed by atoms with Gasteiger partial charge in [-0.2, -0.15) is 5.26 Å². The minimum absolute atomic E-state index is 0.205. The number of hydrogen-bond donors (Lipinski definition) is 1. The highest BCUT2D eigenvalue weighted by Gasteiger charge is 2.23. The smallest absolute Gasteiger partial charge is 0.0991 e. The van der Waals surface area contributed by atoms with Crippen LogP contribution in [0.5, 0.6) is 0 Å². The fourth-order valence-corrected chi connectivity index (χ4v) is 2.36. The number of likely N-dealkylation sites (N-methyl/N-ethyl adjacent to an activating group) is 1. The molecule has 23 heavy (non-hydrogen) atoms. The van der Waals surface area contributed by atoms with Gasteiger partial charge in [0.25, 0.3) is 0 Å². The standard InChI is InChI=1S/C16H24N4.C3H4/c1-5-10-20(12-18-3)16(13(2)19-4)15-8-6-14(11-17)7-9-15;1-3-2/h6-9,12-13,16,19H,5,10H2,1-4H3;1H,2H3. The van der Waals surface area contributed by atoms with E-state index in [4.69, 9.17) is 5.26 Å². The normalized spacial score (nSPS) is 12.5. The Balaban J connectivity index is 0.00000149. The van der Waals surface area contributed by atoms with E-state index in [-0.39, 0.29) is 12.1 Å². The molecule has 1 aromatic rings. The van der Waals surface area contributed by atoms with Gasteiger partial charge < -0.3 is 10.2 Å². The van der Waals surface area contributed by atoms with Crippen LogP contribution in [-0.4, -0.2) is 37.9 Å². The number of aliphatic imine (C=N–C) groups is 1. The van der Waals surface area contributed by atoms with E-state index in [0.717, 1.165) is 13.0 Å². The summed E-state index contributed by atoms with van der Waals surface area (Å²) in [6.07, 6.45) is 7.56. The number of nitrogens with zero attached hydrogens (tertiary/aromatic N) is 3. The number of rotatable bonds is 7. The van der Waals surface area contributed by atoms with Crippen LogP contribution in [-0.2, 0) is 0 Å². The Morgan fingerprint density at radius 1 is 1.39 bits per heavy atom. The van der Waals surface area contributed by atoms with Gasteiger partial charge >= 0.3 is 0 Å². The van der Waals surface area contributed by atoms with Crippen molar-refractivity contribution in [3.05, 3.63) is 35.4 Å². The van der Waals surface area contributed by atoms with E-state index < -0.39 is 0 Å². The van der Waals surface area contributed by atoms with Gasteiger partial charge in [-0.05, 0) is 45.0 Å². The monoisotopic (exact) mass is 312 g/mol. The minimum Gasteiger partial charge on any atom is -0.354 e. The SMILES string of the molecule is C#CC.CCCN(C=NC)C(c1ccc(C#N)cc1)C(C)NC. The molecule has 0 spiro atoms. The number of benzene rings is 1. The molecular formula is C19H28N4. The summed E-state index contributed by atoms with van der Waals surface area (Å²) in [6, 6.07) is 10.5. The van der Waals surface area contributed by atoms with Gasteiger partial charge in [0.05, 0.1) is 24.0 Å². The highest BCUT2D eigenvalue weighted by Crippen LogP contribution is 2.24. The van der Waals surface area contributed by atoms with E-state index >= 15 is 0 Å². The Hall–Kier alpha value is -2.30. The van der Waals surface area contributed by atoms with E-state index in [2.05, 4.69) is 47.5 Å². The third-order valence-electron chi connectivity index (χ3n) is 3.41. The average Bonchev–Trinajstić information content (AvgIpc) is 2.56. The average molecular weight is 312 g/mol. The van der Waals surface area contributed by atoms with Crippen molar-refractivity contribution < 1.29 is 0 Å². The molecule has 1 aromatic carbocycles. The molecule has 0 fully saturated rings. The van der Waals surface area contributed by atoms with E-state index in [9.17, 15) is 0 Å². The molecule has 0 radical (unpaired) electrons. The molecule has 0 aromatic heterocycles. The van der Waals surface area contributed by atoms with Crippen LogP contribution in [0.2, 0.25) is 0 Å². The molecule has 2 atom stereocenters. The van der Waals surface area contributed by atoms with E-state index in [1.54, 1.807) is 14.0 Å². The highest BCUT2D eigenvalue weighted by molar-refractivity contribution is 5.56. The molecular weight excluding hydrogens is 284 g/mol. The van der Waals surface area contributed by atoms with Crippen LogP contribution in [0.4, 0.5) is 0 Å². The molecule has 0 aliphatic heterocycles. The summed E-state index contributed by atoms with van der Waals surface area (Å²) in [5, 5.41) is 12.2. The lowest BCUT2D eigenvalue weighted by molar-refractivity contribution is 0.270. The summed E-state index contributed by atoms with van der Waals surface area (Å²) in [5.74, 6) is 2.25. The molecule has 2 unspecified atom stereocenters. The maximum absolute atomic E-state index is 8.91. The molecule has 124 valence electrons. The Labute approximate surface area is 141 Å². The largest absolute Gasteiger partial charge is 0.354 e. The van der Waals surface area contributed by atoms with Crippen molar-refractivity contribution in [2.24, 2.45) is 4.99 Å². The Kier molecular flexibility index (Phi) is 11.0. The van der Waals surface area contributed by atoms with Crippen LogP contribution in [0.1, 0.15) is 44.4 Å². The molecule has 0 heterocycles. The first-order valence-corrected chi connectivity index (χ1v) is 7.82. The van der Waals surface area contributed by atoms with Gasteiger partial charge in [-0.1, -0.05) is 19.1 Å². The van der Waals surface area contributed by atoms with Crippen LogP contribution in [0.15, 0.2) is 29.3 Å². The molecule has 4 nitrogen and oxygen atoms in total. The van der Waals surface area contributed by atoms with Crippen LogP contribution in [0, 0.1) is 23.7 Å². The van der Waals surface area contributed by atoms with Crippen molar-refractivity contribution in [2.45, 2.75) is 39.3 Å². The van der Waals surface area contributed by atoms with Crippen LogP contribution in [0.3, 0.4) is 0 Å². The Bertz CT molecular complexity index is 534. The third kappa shape index (κ3) is 7.00. The van der Waals surface area contributed by atoms with Gasteiger partial charge in [-0.3, -0.25) is 4.99 Å². The van der Waals surface area contributed by atoms with Crippen molar-refractivity contribution in [2.75, 3.05) is 20.6 Å². The van der Waals surface area contributed by atoms with Crippen LogP contribution < -0.4 is 5.32 Å². The van der Waals surface area contributed by atoms with Crippen molar-refractivity contribution in [1.82, 2.24) is 10.2 Å². The lowest BCUT2D eigenvalue weighted by Gasteiger charge is -2.34. The summed E-state index contributed by atoms with van der Waals surface area (Å²) < 4.78 is 0. The van der Waals surface area contributed by atoms with E-state index in [1.807, 2.05) is 37.7 Å². The van der Waals surface area contributed by atoms with Gasteiger partial charge in [0.1, 0.15) is 0 Å². The zero-order valence-electron chi connectivity index (χ0n) is 14.9. The lowest BCUT2D eigenvalue weighted by Crippen LogP contribution is -2.41. The molecule has 0 saturated heterocycles. The predicted octanol–water partition coefficient (Wildman–Crippen LogP) is 3.22. The molecule has 1 N–H and O–H groups in total. The van der Waals surface area contributed by atoms with Gasteiger partial charge in [0, 0.05) is 19.6 Å². The van der Waals surface area contributed by atoms with Crippen molar-refractivity contribution in [1.29, 1.82) is 5.26 Å². The molecule has 0 bridgehead atoms. The van der Waals surface area contributed by atoms with Crippen LogP contribution >= 0.6 is 0 Å². The summed E-state index contributed by atoms with van der Waals surface area (Å²) in [6.45, 7) is 6.93. The number of nitriles is 1. The first-order valence-electron chi connectivity index (χ1n) is 7.82. The Morgan fingerprint density at radius 3 is 2.35 bits per heavy atom.